The maximum absolute atomic E-state index is 12.0. The van der Waals surface area contributed by atoms with Crippen molar-refractivity contribution in [1.29, 1.82) is 0 Å². The normalized spacial score (nSPS) is 14.2. The highest BCUT2D eigenvalue weighted by molar-refractivity contribution is 7.17. The Kier molecular flexibility index (Phi) is 4.15. The SMILES string of the molecule is COC(C)(C)CC(=O)Nc1sc2c(c1C(=O)O)CCC2. The first-order valence-corrected chi connectivity index (χ1v) is 7.38. The van der Waals surface area contributed by atoms with Crippen LogP contribution in [0.1, 0.15) is 47.5 Å². The summed E-state index contributed by atoms with van der Waals surface area (Å²) in [5.41, 5.74) is 0.600. The molecule has 1 aliphatic rings. The van der Waals surface area contributed by atoms with Gasteiger partial charge in [0, 0.05) is 12.0 Å². The van der Waals surface area contributed by atoms with Crippen LogP contribution in [-0.2, 0) is 22.4 Å². The van der Waals surface area contributed by atoms with E-state index in [2.05, 4.69) is 5.32 Å². The molecule has 1 aliphatic carbocycles. The van der Waals surface area contributed by atoms with Crippen LogP contribution in [0.2, 0.25) is 0 Å². The number of aromatic carboxylic acids is 1. The molecule has 2 N–H and O–H groups in total. The lowest BCUT2D eigenvalue weighted by atomic mass is 10.0. The van der Waals surface area contributed by atoms with Crippen molar-refractivity contribution in [3.63, 3.8) is 0 Å². The first-order valence-electron chi connectivity index (χ1n) is 6.57. The van der Waals surface area contributed by atoms with Gasteiger partial charge in [0.15, 0.2) is 0 Å². The van der Waals surface area contributed by atoms with E-state index in [-0.39, 0.29) is 17.9 Å². The summed E-state index contributed by atoms with van der Waals surface area (Å²) in [5.74, 6) is -1.19. The van der Waals surface area contributed by atoms with Crippen LogP contribution in [0.3, 0.4) is 0 Å². The second kappa shape index (κ2) is 5.54. The highest BCUT2D eigenvalue weighted by Crippen LogP contribution is 2.39. The summed E-state index contributed by atoms with van der Waals surface area (Å²) in [6, 6.07) is 0. The van der Waals surface area contributed by atoms with E-state index in [9.17, 15) is 14.7 Å². The molecule has 0 spiro atoms. The van der Waals surface area contributed by atoms with Crippen LogP contribution in [-0.4, -0.2) is 29.7 Å². The third-order valence-electron chi connectivity index (χ3n) is 3.53. The molecule has 0 aromatic carbocycles. The molecule has 20 heavy (non-hydrogen) atoms. The van der Waals surface area contributed by atoms with Crippen LogP contribution >= 0.6 is 11.3 Å². The van der Waals surface area contributed by atoms with Gasteiger partial charge in [-0.05, 0) is 38.7 Å². The van der Waals surface area contributed by atoms with Gasteiger partial charge in [0.2, 0.25) is 5.91 Å². The standard InChI is InChI=1S/C14H19NO4S/c1-14(2,19-3)7-10(16)15-12-11(13(17)18)8-5-4-6-9(8)20-12/h4-7H2,1-3H3,(H,15,16)(H,17,18). The maximum atomic E-state index is 12.0. The fraction of sp³-hybridized carbons (Fsp3) is 0.571. The number of anilines is 1. The predicted octanol–water partition coefficient (Wildman–Crippen LogP) is 2.69. The number of methoxy groups -OCH3 is 1. The van der Waals surface area contributed by atoms with E-state index in [1.165, 1.54) is 11.3 Å². The zero-order valence-corrected chi connectivity index (χ0v) is 12.7. The number of carbonyl (C=O) groups excluding carboxylic acids is 1. The minimum atomic E-state index is -0.967. The lowest BCUT2D eigenvalue weighted by Gasteiger charge is -2.21. The Hall–Kier alpha value is -1.40. The number of rotatable bonds is 5. The average Bonchev–Trinajstić information content (AvgIpc) is 2.87. The molecule has 5 nitrogen and oxygen atoms in total. The number of carboxylic acid groups (broad SMARTS) is 1. The summed E-state index contributed by atoms with van der Waals surface area (Å²) < 4.78 is 5.21. The van der Waals surface area contributed by atoms with E-state index >= 15 is 0 Å². The zero-order chi connectivity index (χ0) is 14.9. The molecule has 110 valence electrons. The van der Waals surface area contributed by atoms with Gasteiger partial charge in [0.25, 0.3) is 0 Å². The molecule has 0 radical (unpaired) electrons. The summed E-state index contributed by atoms with van der Waals surface area (Å²) in [7, 11) is 1.55. The quantitative estimate of drug-likeness (QED) is 0.876. The predicted molar refractivity (Wildman–Crippen MR) is 77.6 cm³/mol. The number of amides is 1. The van der Waals surface area contributed by atoms with Crippen molar-refractivity contribution in [1.82, 2.24) is 0 Å². The van der Waals surface area contributed by atoms with E-state index in [0.717, 1.165) is 29.7 Å². The number of hydrogen-bond acceptors (Lipinski definition) is 4. The summed E-state index contributed by atoms with van der Waals surface area (Å²) in [5, 5.41) is 12.5. The van der Waals surface area contributed by atoms with Crippen molar-refractivity contribution >= 4 is 28.2 Å². The molecule has 1 aromatic rings. The molecule has 0 atom stereocenters. The lowest BCUT2D eigenvalue weighted by Crippen LogP contribution is -2.29. The van der Waals surface area contributed by atoms with Gasteiger partial charge in [-0.1, -0.05) is 0 Å². The fourth-order valence-electron chi connectivity index (χ4n) is 2.35. The van der Waals surface area contributed by atoms with Gasteiger partial charge in [-0.3, -0.25) is 4.79 Å². The van der Waals surface area contributed by atoms with Crippen LogP contribution in [0.25, 0.3) is 0 Å². The molecular weight excluding hydrogens is 278 g/mol. The molecule has 0 fully saturated rings. The van der Waals surface area contributed by atoms with Crippen molar-refractivity contribution in [3.8, 4) is 0 Å². The molecule has 1 aromatic heterocycles. The third-order valence-corrected chi connectivity index (χ3v) is 4.73. The molecular formula is C14H19NO4S. The summed E-state index contributed by atoms with van der Waals surface area (Å²) >= 11 is 1.39. The van der Waals surface area contributed by atoms with Crippen LogP contribution in [0.15, 0.2) is 0 Å². The third kappa shape index (κ3) is 3.02. The van der Waals surface area contributed by atoms with Gasteiger partial charge in [0.05, 0.1) is 17.6 Å². The average molecular weight is 297 g/mol. The van der Waals surface area contributed by atoms with Crippen molar-refractivity contribution in [2.75, 3.05) is 12.4 Å². The molecule has 0 aliphatic heterocycles. The Balaban J connectivity index is 2.18. The summed E-state index contributed by atoms with van der Waals surface area (Å²) in [6.07, 6.45) is 2.87. The highest BCUT2D eigenvalue weighted by Gasteiger charge is 2.28. The second-order valence-electron chi connectivity index (χ2n) is 5.56. The molecule has 0 saturated heterocycles. The molecule has 6 heteroatoms. The summed E-state index contributed by atoms with van der Waals surface area (Å²) in [6.45, 7) is 3.64. The van der Waals surface area contributed by atoms with Gasteiger partial charge in [0.1, 0.15) is 5.00 Å². The number of thiophene rings is 1. The molecule has 0 bridgehead atoms. The van der Waals surface area contributed by atoms with Gasteiger partial charge in [-0.25, -0.2) is 4.79 Å². The summed E-state index contributed by atoms with van der Waals surface area (Å²) in [4.78, 5) is 24.5. The largest absolute Gasteiger partial charge is 0.478 e. The molecule has 1 heterocycles. The molecule has 1 amide bonds. The number of fused-ring (bicyclic) bond motifs is 1. The van der Waals surface area contributed by atoms with Gasteiger partial charge < -0.3 is 15.2 Å². The highest BCUT2D eigenvalue weighted by atomic mass is 32.1. The minimum absolute atomic E-state index is 0.186. The van der Waals surface area contributed by atoms with Crippen molar-refractivity contribution < 1.29 is 19.4 Å². The second-order valence-corrected chi connectivity index (χ2v) is 6.66. The van der Waals surface area contributed by atoms with Crippen molar-refractivity contribution in [3.05, 3.63) is 16.0 Å². The smallest absolute Gasteiger partial charge is 0.339 e. The van der Waals surface area contributed by atoms with E-state index in [1.807, 2.05) is 13.8 Å². The van der Waals surface area contributed by atoms with E-state index in [4.69, 9.17) is 4.74 Å². The van der Waals surface area contributed by atoms with Crippen LogP contribution in [0.4, 0.5) is 5.00 Å². The van der Waals surface area contributed by atoms with Gasteiger partial charge in [-0.2, -0.15) is 0 Å². The zero-order valence-electron chi connectivity index (χ0n) is 11.9. The van der Waals surface area contributed by atoms with Crippen molar-refractivity contribution in [2.45, 2.75) is 45.1 Å². The van der Waals surface area contributed by atoms with Crippen molar-refractivity contribution in [2.24, 2.45) is 0 Å². The Bertz CT molecular complexity index is 548. The topological polar surface area (TPSA) is 75.6 Å². The first kappa shape index (κ1) is 15.0. The number of ether oxygens (including phenoxy) is 1. The number of nitrogens with one attached hydrogen (secondary N) is 1. The monoisotopic (exact) mass is 297 g/mol. The number of aryl methyl sites for hydroxylation is 1. The fourth-order valence-corrected chi connectivity index (χ4v) is 3.65. The van der Waals surface area contributed by atoms with E-state index in [1.54, 1.807) is 7.11 Å². The number of carbonyl (C=O) groups is 2. The van der Waals surface area contributed by atoms with Gasteiger partial charge >= 0.3 is 5.97 Å². The molecule has 2 rings (SSSR count). The van der Waals surface area contributed by atoms with Crippen LogP contribution in [0.5, 0.6) is 0 Å². The number of carboxylic acids is 1. The Morgan fingerprint density at radius 2 is 2.10 bits per heavy atom. The van der Waals surface area contributed by atoms with E-state index < -0.39 is 11.6 Å². The maximum Gasteiger partial charge on any atom is 0.339 e. The number of hydrogen-bond donors (Lipinski definition) is 2. The van der Waals surface area contributed by atoms with Crippen LogP contribution < -0.4 is 5.32 Å². The molecule has 0 unspecified atom stereocenters. The van der Waals surface area contributed by atoms with Gasteiger partial charge in [-0.15, -0.1) is 11.3 Å². The minimum Gasteiger partial charge on any atom is -0.478 e. The van der Waals surface area contributed by atoms with Crippen LogP contribution in [0, 0.1) is 0 Å². The Labute approximate surface area is 121 Å². The Morgan fingerprint density at radius 3 is 2.70 bits per heavy atom. The van der Waals surface area contributed by atoms with E-state index in [0.29, 0.717) is 5.00 Å². The Morgan fingerprint density at radius 1 is 1.40 bits per heavy atom. The molecule has 0 saturated carbocycles. The first-order chi connectivity index (χ1) is 9.34. The lowest BCUT2D eigenvalue weighted by molar-refractivity contribution is -0.121.